The van der Waals surface area contributed by atoms with Gasteiger partial charge in [0.25, 0.3) is 0 Å². The normalized spacial score (nSPS) is 18.2. The molecule has 2 saturated carbocycles. The van der Waals surface area contributed by atoms with E-state index in [-0.39, 0.29) is 5.97 Å². The van der Waals surface area contributed by atoms with E-state index >= 15 is 0 Å². The van der Waals surface area contributed by atoms with Crippen LogP contribution in [0.25, 0.3) is 0 Å². The molecule has 0 spiro atoms. The molecule has 0 aliphatic heterocycles. The number of hydrogen-bond donors (Lipinski definition) is 0. The van der Waals surface area contributed by atoms with Gasteiger partial charge in [0, 0.05) is 0 Å². The lowest BCUT2D eigenvalue weighted by Crippen LogP contribution is -2.07. The minimum absolute atomic E-state index is 0.263. The lowest BCUT2D eigenvalue weighted by Gasteiger charge is -2.12. The molecule has 3 nitrogen and oxygen atoms in total. The summed E-state index contributed by atoms with van der Waals surface area (Å²) in [4.78, 5) is 11.8. The molecule has 0 aromatic heterocycles. The standard InChI is InChI=1S/C16H20O3/c1-2-18-16(17)13-7-8-14(12-5-6-12)15(9-13)19-10-11-3-4-11/h7-9,11-12H,2-6,10H2,1H3. The molecule has 2 aliphatic carbocycles. The van der Waals surface area contributed by atoms with Gasteiger partial charge in [-0.1, -0.05) is 6.07 Å². The van der Waals surface area contributed by atoms with Crippen molar-refractivity contribution in [2.45, 2.75) is 38.5 Å². The van der Waals surface area contributed by atoms with Gasteiger partial charge < -0.3 is 9.47 Å². The lowest BCUT2D eigenvalue weighted by atomic mass is 10.1. The fraction of sp³-hybridized carbons (Fsp3) is 0.562. The van der Waals surface area contributed by atoms with Crippen LogP contribution in [0.1, 0.15) is 54.4 Å². The topological polar surface area (TPSA) is 35.5 Å². The van der Waals surface area contributed by atoms with Crippen LogP contribution in [0, 0.1) is 5.92 Å². The van der Waals surface area contributed by atoms with E-state index in [9.17, 15) is 4.79 Å². The largest absolute Gasteiger partial charge is 0.493 e. The van der Waals surface area contributed by atoms with E-state index in [0.29, 0.717) is 18.1 Å². The van der Waals surface area contributed by atoms with Crippen molar-refractivity contribution in [1.82, 2.24) is 0 Å². The molecule has 0 saturated heterocycles. The second-order valence-electron chi connectivity index (χ2n) is 5.50. The molecule has 2 fully saturated rings. The molecule has 19 heavy (non-hydrogen) atoms. The van der Waals surface area contributed by atoms with Gasteiger partial charge in [-0.2, -0.15) is 0 Å². The SMILES string of the molecule is CCOC(=O)c1ccc(C2CC2)c(OCC2CC2)c1. The highest BCUT2D eigenvalue weighted by Crippen LogP contribution is 2.45. The number of carbonyl (C=O) groups excluding carboxylic acids is 1. The Kier molecular flexibility index (Phi) is 3.45. The van der Waals surface area contributed by atoms with Crippen LogP contribution in [0.3, 0.4) is 0 Å². The van der Waals surface area contributed by atoms with Crippen molar-refractivity contribution in [3.05, 3.63) is 29.3 Å². The van der Waals surface area contributed by atoms with Gasteiger partial charge in [-0.3, -0.25) is 0 Å². The Bertz CT molecular complexity index is 473. The molecule has 3 rings (SSSR count). The van der Waals surface area contributed by atoms with Crippen molar-refractivity contribution in [3.63, 3.8) is 0 Å². The highest BCUT2D eigenvalue weighted by atomic mass is 16.5. The van der Waals surface area contributed by atoms with E-state index in [1.165, 1.54) is 31.2 Å². The fourth-order valence-corrected chi connectivity index (χ4v) is 2.22. The van der Waals surface area contributed by atoms with Crippen LogP contribution < -0.4 is 4.74 Å². The summed E-state index contributed by atoms with van der Waals surface area (Å²) in [7, 11) is 0. The zero-order chi connectivity index (χ0) is 13.2. The van der Waals surface area contributed by atoms with Crippen LogP contribution in [0.5, 0.6) is 5.75 Å². The monoisotopic (exact) mass is 260 g/mol. The predicted molar refractivity (Wildman–Crippen MR) is 72.6 cm³/mol. The zero-order valence-electron chi connectivity index (χ0n) is 11.4. The summed E-state index contributed by atoms with van der Waals surface area (Å²) in [5.74, 6) is 1.98. The molecule has 3 heteroatoms. The van der Waals surface area contributed by atoms with Gasteiger partial charge >= 0.3 is 5.97 Å². The third-order valence-corrected chi connectivity index (χ3v) is 3.71. The van der Waals surface area contributed by atoms with Crippen LogP contribution in [-0.4, -0.2) is 19.2 Å². The van der Waals surface area contributed by atoms with E-state index in [2.05, 4.69) is 0 Å². The molecular weight excluding hydrogens is 240 g/mol. The van der Waals surface area contributed by atoms with Gasteiger partial charge in [0.1, 0.15) is 5.75 Å². The molecule has 2 aliphatic rings. The van der Waals surface area contributed by atoms with Gasteiger partial charge in [-0.05, 0) is 62.1 Å². The Morgan fingerprint density at radius 3 is 2.68 bits per heavy atom. The van der Waals surface area contributed by atoms with Crippen LogP contribution in [-0.2, 0) is 4.74 Å². The third-order valence-electron chi connectivity index (χ3n) is 3.71. The molecule has 0 radical (unpaired) electrons. The third kappa shape index (κ3) is 3.09. The second kappa shape index (κ2) is 5.24. The Hall–Kier alpha value is -1.51. The van der Waals surface area contributed by atoms with E-state index in [1.54, 1.807) is 0 Å². The van der Waals surface area contributed by atoms with Crippen molar-refractivity contribution in [2.24, 2.45) is 5.92 Å². The second-order valence-corrected chi connectivity index (χ2v) is 5.50. The maximum atomic E-state index is 11.8. The lowest BCUT2D eigenvalue weighted by molar-refractivity contribution is 0.0526. The molecule has 0 unspecified atom stereocenters. The molecule has 102 valence electrons. The number of benzene rings is 1. The maximum absolute atomic E-state index is 11.8. The highest BCUT2D eigenvalue weighted by Gasteiger charge is 2.29. The first-order chi connectivity index (χ1) is 9.28. The zero-order valence-corrected chi connectivity index (χ0v) is 11.4. The molecule has 1 aromatic rings. The van der Waals surface area contributed by atoms with E-state index < -0.39 is 0 Å². The summed E-state index contributed by atoms with van der Waals surface area (Å²) in [6.07, 6.45) is 5.02. The van der Waals surface area contributed by atoms with Crippen LogP contribution >= 0.6 is 0 Å². The van der Waals surface area contributed by atoms with Crippen LogP contribution in [0.2, 0.25) is 0 Å². The first kappa shape index (κ1) is 12.5. The number of esters is 1. The average molecular weight is 260 g/mol. The Morgan fingerprint density at radius 1 is 1.26 bits per heavy atom. The maximum Gasteiger partial charge on any atom is 0.338 e. The Morgan fingerprint density at radius 2 is 2.05 bits per heavy atom. The molecule has 1 aromatic carbocycles. The highest BCUT2D eigenvalue weighted by molar-refractivity contribution is 5.90. The number of rotatable bonds is 6. The summed E-state index contributed by atoms with van der Waals surface area (Å²) in [5, 5.41) is 0. The molecular formula is C16H20O3. The smallest absolute Gasteiger partial charge is 0.338 e. The predicted octanol–water partition coefficient (Wildman–Crippen LogP) is 3.53. The van der Waals surface area contributed by atoms with Gasteiger partial charge in [0.05, 0.1) is 18.8 Å². The molecule has 0 amide bonds. The van der Waals surface area contributed by atoms with E-state index in [4.69, 9.17) is 9.47 Å². The summed E-state index contributed by atoms with van der Waals surface area (Å²) >= 11 is 0. The van der Waals surface area contributed by atoms with E-state index in [1.807, 2.05) is 25.1 Å². The summed E-state index contributed by atoms with van der Waals surface area (Å²) < 4.78 is 11.0. The molecule has 0 heterocycles. The summed E-state index contributed by atoms with van der Waals surface area (Å²) in [6.45, 7) is 3.01. The van der Waals surface area contributed by atoms with Crippen LogP contribution in [0.4, 0.5) is 0 Å². The van der Waals surface area contributed by atoms with Crippen LogP contribution in [0.15, 0.2) is 18.2 Å². The van der Waals surface area contributed by atoms with Gasteiger partial charge in [0.15, 0.2) is 0 Å². The molecule has 0 N–H and O–H groups in total. The Labute approximate surface area is 113 Å². The first-order valence-electron chi connectivity index (χ1n) is 7.21. The molecule has 0 bridgehead atoms. The number of hydrogen-bond acceptors (Lipinski definition) is 3. The van der Waals surface area contributed by atoms with Crippen molar-refractivity contribution < 1.29 is 14.3 Å². The summed E-state index contributed by atoms with van der Waals surface area (Å²) in [6, 6.07) is 5.75. The average Bonchev–Trinajstić information content (AvgIpc) is 3.29. The van der Waals surface area contributed by atoms with Crippen molar-refractivity contribution in [1.29, 1.82) is 0 Å². The van der Waals surface area contributed by atoms with Crippen molar-refractivity contribution in [3.8, 4) is 5.75 Å². The van der Waals surface area contributed by atoms with Gasteiger partial charge in [-0.25, -0.2) is 4.79 Å². The van der Waals surface area contributed by atoms with Gasteiger partial charge in [0.2, 0.25) is 0 Å². The van der Waals surface area contributed by atoms with Crippen molar-refractivity contribution >= 4 is 5.97 Å². The summed E-state index contributed by atoms with van der Waals surface area (Å²) in [5.41, 5.74) is 1.85. The molecule has 0 atom stereocenters. The van der Waals surface area contributed by atoms with Crippen molar-refractivity contribution in [2.75, 3.05) is 13.2 Å². The Balaban J connectivity index is 1.78. The minimum atomic E-state index is -0.263. The number of carbonyl (C=O) groups is 1. The fourth-order valence-electron chi connectivity index (χ4n) is 2.22. The van der Waals surface area contributed by atoms with E-state index in [0.717, 1.165) is 18.3 Å². The van der Waals surface area contributed by atoms with Gasteiger partial charge in [-0.15, -0.1) is 0 Å². The first-order valence-corrected chi connectivity index (χ1v) is 7.21. The quantitative estimate of drug-likeness (QED) is 0.734. The number of ether oxygens (including phenoxy) is 2. The minimum Gasteiger partial charge on any atom is -0.493 e.